The van der Waals surface area contributed by atoms with E-state index in [4.69, 9.17) is 10.5 Å². The fourth-order valence-corrected chi connectivity index (χ4v) is 1.39. The molecule has 0 spiro atoms. The minimum Gasteiger partial charge on any atom is -0.493 e. The van der Waals surface area contributed by atoms with Crippen LogP contribution >= 0.6 is 0 Å². The highest BCUT2D eigenvalue weighted by molar-refractivity contribution is 5.92. The van der Waals surface area contributed by atoms with Gasteiger partial charge in [-0.05, 0) is 31.3 Å². The van der Waals surface area contributed by atoms with Gasteiger partial charge >= 0.3 is 0 Å². The summed E-state index contributed by atoms with van der Waals surface area (Å²) in [6, 6.07) is 6.48. The number of carbonyl (C=O) groups excluding carboxylic acids is 2. The van der Waals surface area contributed by atoms with Crippen LogP contribution in [-0.2, 0) is 4.79 Å². The Hall–Kier alpha value is -2.08. The number of rotatable bonds is 8. The van der Waals surface area contributed by atoms with E-state index in [1.54, 1.807) is 24.3 Å². The predicted octanol–water partition coefficient (Wildman–Crippen LogP) is -0.110. The molecule has 0 saturated carbocycles. The number of benzene rings is 1. The van der Waals surface area contributed by atoms with E-state index in [2.05, 4.69) is 10.6 Å². The van der Waals surface area contributed by atoms with Crippen molar-refractivity contribution in [2.24, 2.45) is 5.73 Å². The third kappa shape index (κ3) is 5.87. The Bertz CT molecular complexity index is 418. The van der Waals surface area contributed by atoms with Gasteiger partial charge in [0.2, 0.25) is 11.8 Å². The molecule has 0 radical (unpaired) electrons. The standard InChI is InChI=1S/C13H19N3O3/c1-15-7-8-16-12(17)6-9-19-11-4-2-10(3-5-11)13(14)18/h2-5,15H,6-9H2,1H3,(H2,14,18)(H,16,17). The molecule has 4 N–H and O–H groups in total. The second-order valence-corrected chi connectivity index (χ2v) is 3.94. The molecule has 1 aromatic rings. The normalized spacial score (nSPS) is 9.95. The fourth-order valence-electron chi connectivity index (χ4n) is 1.39. The zero-order valence-electron chi connectivity index (χ0n) is 10.9. The van der Waals surface area contributed by atoms with Gasteiger partial charge in [0, 0.05) is 18.7 Å². The van der Waals surface area contributed by atoms with Crippen molar-refractivity contribution in [3.8, 4) is 5.75 Å². The van der Waals surface area contributed by atoms with Crippen LogP contribution in [0.15, 0.2) is 24.3 Å². The molecule has 6 nitrogen and oxygen atoms in total. The van der Waals surface area contributed by atoms with Gasteiger partial charge in [0.05, 0.1) is 13.0 Å². The number of primary amides is 1. The lowest BCUT2D eigenvalue weighted by Gasteiger charge is -2.07. The van der Waals surface area contributed by atoms with Crippen molar-refractivity contribution in [1.29, 1.82) is 0 Å². The van der Waals surface area contributed by atoms with Crippen LogP contribution in [0.2, 0.25) is 0 Å². The van der Waals surface area contributed by atoms with E-state index >= 15 is 0 Å². The van der Waals surface area contributed by atoms with Crippen LogP contribution in [0.25, 0.3) is 0 Å². The topological polar surface area (TPSA) is 93.4 Å². The quantitative estimate of drug-likeness (QED) is 0.572. The second-order valence-electron chi connectivity index (χ2n) is 3.94. The Morgan fingerprint density at radius 3 is 2.47 bits per heavy atom. The molecule has 0 atom stereocenters. The fraction of sp³-hybridized carbons (Fsp3) is 0.385. The first-order chi connectivity index (χ1) is 9.13. The smallest absolute Gasteiger partial charge is 0.248 e. The van der Waals surface area contributed by atoms with Gasteiger partial charge in [-0.2, -0.15) is 0 Å². The van der Waals surface area contributed by atoms with Gasteiger partial charge in [-0.1, -0.05) is 0 Å². The van der Waals surface area contributed by atoms with Crippen molar-refractivity contribution in [2.45, 2.75) is 6.42 Å². The van der Waals surface area contributed by atoms with Crippen molar-refractivity contribution >= 4 is 11.8 Å². The van der Waals surface area contributed by atoms with Gasteiger partial charge in [-0.15, -0.1) is 0 Å². The molecule has 1 aromatic carbocycles. The van der Waals surface area contributed by atoms with Gasteiger partial charge in [-0.3, -0.25) is 9.59 Å². The summed E-state index contributed by atoms with van der Waals surface area (Å²) >= 11 is 0. The second kappa shape index (κ2) is 8.10. The molecule has 0 saturated heterocycles. The van der Waals surface area contributed by atoms with Crippen LogP contribution in [0.3, 0.4) is 0 Å². The third-order valence-electron chi connectivity index (χ3n) is 2.43. The number of hydrogen-bond donors (Lipinski definition) is 3. The average Bonchev–Trinajstić information content (AvgIpc) is 2.39. The first-order valence-corrected chi connectivity index (χ1v) is 6.07. The molecule has 0 bridgehead atoms. The number of nitrogens with two attached hydrogens (primary N) is 1. The summed E-state index contributed by atoms with van der Waals surface area (Å²) in [4.78, 5) is 22.2. The molecule has 2 amide bonds. The van der Waals surface area contributed by atoms with Crippen molar-refractivity contribution in [3.63, 3.8) is 0 Å². The Kier molecular flexibility index (Phi) is 6.38. The lowest BCUT2D eigenvalue weighted by atomic mass is 10.2. The Morgan fingerprint density at radius 1 is 1.21 bits per heavy atom. The number of nitrogens with one attached hydrogen (secondary N) is 2. The Balaban J connectivity index is 2.25. The van der Waals surface area contributed by atoms with E-state index in [9.17, 15) is 9.59 Å². The number of carbonyl (C=O) groups is 2. The molecule has 0 unspecified atom stereocenters. The summed E-state index contributed by atoms with van der Waals surface area (Å²) in [6.45, 7) is 1.63. The summed E-state index contributed by atoms with van der Waals surface area (Å²) in [6.07, 6.45) is 0.293. The molecule has 19 heavy (non-hydrogen) atoms. The summed E-state index contributed by atoms with van der Waals surface area (Å²) in [5, 5.41) is 5.69. The third-order valence-corrected chi connectivity index (χ3v) is 2.43. The predicted molar refractivity (Wildman–Crippen MR) is 72.0 cm³/mol. The van der Waals surface area contributed by atoms with Gasteiger partial charge in [0.1, 0.15) is 5.75 Å². The van der Waals surface area contributed by atoms with Gasteiger partial charge < -0.3 is 21.1 Å². The van der Waals surface area contributed by atoms with E-state index in [1.807, 2.05) is 7.05 Å². The number of amides is 2. The zero-order chi connectivity index (χ0) is 14.1. The monoisotopic (exact) mass is 265 g/mol. The average molecular weight is 265 g/mol. The minimum absolute atomic E-state index is 0.0518. The largest absolute Gasteiger partial charge is 0.493 e. The number of hydrogen-bond acceptors (Lipinski definition) is 4. The van der Waals surface area contributed by atoms with E-state index in [0.29, 0.717) is 30.9 Å². The van der Waals surface area contributed by atoms with Crippen molar-refractivity contribution in [3.05, 3.63) is 29.8 Å². The Morgan fingerprint density at radius 2 is 1.89 bits per heavy atom. The zero-order valence-corrected chi connectivity index (χ0v) is 10.9. The maximum absolute atomic E-state index is 11.4. The van der Waals surface area contributed by atoms with Gasteiger partial charge in [-0.25, -0.2) is 0 Å². The van der Waals surface area contributed by atoms with Crippen LogP contribution in [-0.4, -0.2) is 38.6 Å². The molecular weight excluding hydrogens is 246 g/mol. The van der Waals surface area contributed by atoms with E-state index < -0.39 is 5.91 Å². The number of ether oxygens (including phenoxy) is 1. The maximum Gasteiger partial charge on any atom is 0.248 e. The molecule has 0 heterocycles. The first kappa shape index (κ1) is 15.0. The van der Waals surface area contributed by atoms with Crippen molar-refractivity contribution in [1.82, 2.24) is 10.6 Å². The van der Waals surface area contributed by atoms with E-state index in [-0.39, 0.29) is 5.91 Å². The molecule has 1 rings (SSSR count). The first-order valence-electron chi connectivity index (χ1n) is 6.07. The summed E-state index contributed by atoms with van der Waals surface area (Å²) < 4.78 is 5.39. The van der Waals surface area contributed by atoms with E-state index in [1.165, 1.54) is 0 Å². The summed E-state index contributed by atoms with van der Waals surface area (Å²) in [5.41, 5.74) is 5.55. The van der Waals surface area contributed by atoms with Crippen molar-refractivity contribution < 1.29 is 14.3 Å². The van der Waals surface area contributed by atoms with Crippen LogP contribution in [0, 0.1) is 0 Å². The molecule has 104 valence electrons. The van der Waals surface area contributed by atoms with Crippen LogP contribution in [0.5, 0.6) is 5.75 Å². The maximum atomic E-state index is 11.4. The highest BCUT2D eigenvalue weighted by atomic mass is 16.5. The Labute approximate surface area is 112 Å². The highest BCUT2D eigenvalue weighted by Gasteiger charge is 2.02. The molecule has 0 aliphatic carbocycles. The lowest BCUT2D eigenvalue weighted by molar-refractivity contribution is -0.121. The highest BCUT2D eigenvalue weighted by Crippen LogP contribution is 2.11. The summed E-state index contributed by atoms with van der Waals surface area (Å²) in [7, 11) is 1.82. The lowest BCUT2D eigenvalue weighted by Crippen LogP contribution is -2.31. The van der Waals surface area contributed by atoms with Crippen molar-refractivity contribution in [2.75, 3.05) is 26.7 Å². The minimum atomic E-state index is -0.476. The van der Waals surface area contributed by atoms with Crippen LogP contribution in [0.4, 0.5) is 0 Å². The van der Waals surface area contributed by atoms with Gasteiger partial charge in [0.15, 0.2) is 0 Å². The van der Waals surface area contributed by atoms with Crippen LogP contribution < -0.4 is 21.1 Å². The molecule has 0 aliphatic rings. The number of likely N-dealkylation sites (N-methyl/N-ethyl adjacent to an activating group) is 1. The summed E-state index contributed by atoms with van der Waals surface area (Å²) in [5.74, 6) is 0.0764. The van der Waals surface area contributed by atoms with Crippen LogP contribution in [0.1, 0.15) is 16.8 Å². The molecule has 0 aliphatic heterocycles. The SMILES string of the molecule is CNCCNC(=O)CCOc1ccc(C(N)=O)cc1. The molecule has 6 heteroatoms. The molecule has 0 fully saturated rings. The molecule has 0 aromatic heterocycles. The molecular formula is C13H19N3O3. The van der Waals surface area contributed by atoms with E-state index in [0.717, 1.165) is 6.54 Å². The van der Waals surface area contributed by atoms with Gasteiger partial charge in [0.25, 0.3) is 0 Å².